The molecule has 0 saturated carbocycles. The van der Waals surface area contributed by atoms with Crippen LogP contribution in [0.3, 0.4) is 0 Å². The summed E-state index contributed by atoms with van der Waals surface area (Å²) >= 11 is 17.6. The van der Waals surface area contributed by atoms with Crippen molar-refractivity contribution in [2.24, 2.45) is 14.1 Å². The topological polar surface area (TPSA) is 87.2 Å². The van der Waals surface area contributed by atoms with Crippen molar-refractivity contribution in [2.75, 3.05) is 11.5 Å². The number of pyridine rings is 4. The lowest BCUT2D eigenvalue weighted by atomic mass is 10.3. The van der Waals surface area contributed by atoms with Gasteiger partial charge < -0.3 is 9.13 Å². The molecule has 0 aliphatic rings. The van der Waals surface area contributed by atoms with Crippen LogP contribution < -0.4 is 0 Å². The van der Waals surface area contributed by atoms with Gasteiger partial charge >= 0.3 is 12.4 Å². The van der Waals surface area contributed by atoms with Gasteiger partial charge in [0.1, 0.15) is 46.7 Å². The van der Waals surface area contributed by atoms with E-state index in [0.717, 1.165) is 33.4 Å². The molecule has 0 unspecified atom stereocenters. The number of aromatic nitrogens is 8. The normalized spacial score (nSPS) is 12.1. The van der Waals surface area contributed by atoms with Crippen LogP contribution in [0.4, 0.5) is 26.3 Å². The van der Waals surface area contributed by atoms with Gasteiger partial charge in [-0.1, -0.05) is 25.4 Å². The molecule has 0 aromatic carbocycles. The standard InChI is InChI=1S/C15H11BrClF3N4S.C15H11BrF3IN4S/c1-3-25-8-4-5-10(16)23-11(8)14-21-7-6-9(15(18,19)20)22-13(17)12(7)24(14)2;1-3-25-8-4-5-10(16)23-11(8)14-21-7-6-9(15(17,18)19)22-13(20)12(7)24(14)2/h2*4-6H,3H2,1-2H3. The van der Waals surface area contributed by atoms with Crippen LogP contribution in [0.1, 0.15) is 25.2 Å². The predicted molar refractivity (Wildman–Crippen MR) is 199 cm³/mol. The number of imidazole rings is 2. The smallest absolute Gasteiger partial charge is 0.324 e. The molecule has 264 valence electrons. The Bertz CT molecular complexity index is 2070. The van der Waals surface area contributed by atoms with Gasteiger partial charge in [0, 0.05) is 23.9 Å². The van der Waals surface area contributed by atoms with Gasteiger partial charge in [-0.25, -0.2) is 29.9 Å². The van der Waals surface area contributed by atoms with E-state index in [0.29, 0.717) is 43.3 Å². The first-order valence-corrected chi connectivity index (χ1v) is 19.3. The highest BCUT2D eigenvalue weighted by atomic mass is 127. The molecule has 0 radical (unpaired) electrons. The number of halogens is 10. The van der Waals surface area contributed by atoms with Crippen molar-refractivity contribution in [1.82, 2.24) is 39.0 Å². The van der Waals surface area contributed by atoms with Gasteiger partial charge in [0.25, 0.3) is 0 Å². The second-order valence-corrected chi connectivity index (χ2v) is 15.8. The van der Waals surface area contributed by atoms with Crippen LogP contribution >= 0.6 is 89.6 Å². The van der Waals surface area contributed by atoms with Crippen molar-refractivity contribution >= 4 is 112 Å². The van der Waals surface area contributed by atoms with Crippen LogP contribution in [-0.4, -0.2) is 50.5 Å². The predicted octanol–water partition coefficient (Wildman–Crippen LogP) is 11.1. The van der Waals surface area contributed by atoms with E-state index in [-0.39, 0.29) is 19.9 Å². The molecule has 20 heteroatoms. The summed E-state index contributed by atoms with van der Waals surface area (Å²) in [5.41, 5.74) is 0.447. The van der Waals surface area contributed by atoms with E-state index >= 15 is 0 Å². The number of hydrogen-bond donors (Lipinski definition) is 0. The van der Waals surface area contributed by atoms with Gasteiger partial charge in [0.15, 0.2) is 16.8 Å². The fraction of sp³-hybridized carbons (Fsp3) is 0.267. The lowest BCUT2D eigenvalue weighted by Gasteiger charge is -2.09. The minimum atomic E-state index is -4.59. The molecular formula is C30H22Br2ClF6IN8S2. The molecule has 0 amide bonds. The maximum Gasteiger partial charge on any atom is 0.433 e. The molecule has 0 aliphatic heterocycles. The van der Waals surface area contributed by atoms with E-state index in [2.05, 4.69) is 61.8 Å². The minimum Gasteiger partial charge on any atom is -0.324 e. The van der Waals surface area contributed by atoms with Crippen LogP contribution in [-0.2, 0) is 26.4 Å². The molecule has 0 saturated heterocycles. The van der Waals surface area contributed by atoms with Crippen molar-refractivity contribution in [3.05, 3.63) is 65.8 Å². The third-order valence-corrected chi connectivity index (χ3v) is 10.6. The zero-order valence-corrected chi connectivity index (χ0v) is 33.8. The molecule has 0 spiro atoms. The molecule has 0 bridgehead atoms. The Morgan fingerprint density at radius 2 is 1.10 bits per heavy atom. The van der Waals surface area contributed by atoms with Gasteiger partial charge in [0.2, 0.25) is 0 Å². The third-order valence-electron chi connectivity index (χ3n) is 6.87. The Morgan fingerprint density at radius 3 is 1.54 bits per heavy atom. The number of rotatable bonds is 6. The van der Waals surface area contributed by atoms with Crippen LogP contribution in [0.15, 0.2) is 55.4 Å². The van der Waals surface area contributed by atoms with E-state index in [1.165, 1.54) is 0 Å². The van der Waals surface area contributed by atoms with Crippen LogP contribution in [0.2, 0.25) is 5.15 Å². The molecule has 0 fully saturated rings. The molecule has 0 aliphatic carbocycles. The first-order chi connectivity index (χ1) is 23.4. The Balaban J connectivity index is 0.000000194. The van der Waals surface area contributed by atoms with E-state index in [1.807, 2.05) is 54.6 Å². The van der Waals surface area contributed by atoms with Crippen molar-refractivity contribution in [3.8, 4) is 23.0 Å². The lowest BCUT2D eigenvalue weighted by molar-refractivity contribution is -0.141. The first kappa shape index (κ1) is 39.0. The van der Waals surface area contributed by atoms with Gasteiger partial charge in [0.05, 0.1) is 11.0 Å². The van der Waals surface area contributed by atoms with Crippen molar-refractivity contribution in [1.29, 1.82) is 0 Å². The largest absolute Gasteiger partial charge is 0.433 e. The van der Waals surface area contributed by atoms with Gasteiger partial charge in [-0.3, -0.25) is 0 Å². The number of hydrogen-bond acceptors (Lipinski definition) is 8. The van der Waals surface area contributed by atoms with Crippen LogP contribution in [0.25, 0.3) is 45.1 Å². The summed E-state index contributed by atoms with van der Waals surface area (Å²) < 4.78 is 82.8. The highest BCUT2D eigenvalue weighted by Gasteiger charge is 2.35. The summed E-state index contributed by atoms with van der Waals surface area (Å²) in [6.45, 7) is 4.02. The maximum atomic E-state index is 13.0. The van der Waals surface area contributed by atoms with Gasteiger partial charge in [-0.2, -0.15) is 26.3 Å². The number of alkyl halides is 6. The molecule has 6 aromatic heterocycles. The third kappa shape index (κ3) is 8.21. The summed E-state index contributed by atoms with van der Waals surface area (Å²) in [5, 5.41) is -0.245. The van der Waals surface area contributed by atoms with E-state index in [4.69, 9.17) is 11.6 Å². The summed E-state index contributed by atoms with van der Waals surface area (Å²) in [6.07, 6.45) is -9.10. The highest BCUT2D eigenvalue weighted by Crippen LogP contribution is 2.38. The van der Waals surface area contributed by atoms with Crippen LogP contribution in [0.5, 0.6) is 0 Å². The number of thioether (sulfide) groups is 2. The van der Waals surface area contributed by atoms with E-state index in [9.17, 15) is 26.3 Å². The SMILES string of the molecule is CCSc1ccc(Br)nc1-c1nc2cc(C(F)(F)F)nc(Cl)c2n1C.CCSc1ccc(Br)nc1-c1nc2cc(C(F)(F)F)nc(I)c2n1C. The second-order valence-electron chi connectivity index (χ2n) is 10.1. The summed E-state index contributed by atoms with van der Waals surface area (Å²) in [7, 11) is 3.43. The number of aryl methyl sites for hydroxylation is 2. The zero-order chi connectivity index (χ0) is 36.7. The Morgan fingerprint density at radius 1 is 0.680 bits per heavy atom. The second kappa shape index (κ2) is 15.4. The maximum absolute atomic E-state index is 13.0. The quantitative estimate of drug-likeness (QED) is 0.0706. The average molecular weight is 995 g/mol. The number of nitrogens with zero attached hydrogens (tertiary/aromatic N) is 8. The number of fused-ring (bicyclic) bond motifs is 2. The summed E-state index contributed by atoms with van der Waals surface area (Å²) in [5.74, 6) is 2.60. The fourth-order valence-electron chi connectivity index (χ4n) is 4.79. The minimum absolute atomic E-state index is 0.124. The molecule has 50 heavy (non-hydrogen) atoms. The fourth-order valence-corrected chi connectivity index (χ4v) is 8.12. The molecule has 6 rings (SSSR count). The van der Waals surface area contributed by atoms with Crippen LogP contribution in [0, 0.1) is 3.70 Å². The highest BCUT2D eigenvalue weighted by molar-refractivity contribution is 14.1. The molecule has 0 atom stereocenters. The van der Waals surface area contributed by atoms with E-state index in [1.54, 1.807) is 52.8 Å². The Labute approximate surface area is 325 Å². The zero-order valence-electron chi connectivity index (χ0n) is 26.1. The summed E-state index contributed by atoms with van der Waals surface area (Å²) in [6, 6.07) is 9.32. The first-order valence-electron chi connectivity index (χ1n) is 14.2. The molecule has 8 nitrogen and oxygen atoms in total. The molecule has 6 aromatic rings. The van der Waals surface area contributed by atoms with E-state index < -0.39 is 23.7 Å². The monoisotopic (exact) mass is 992 g/mol. The van der Waals surface area contributed by atoms with Gasteiger partial charge in [-0.15, -0.1) is 23.5 Å². The van der Waals surface area contributed by atoms with Crippen molar-refractivity contribution in [3.63, 3.8) is 0 Å². The molecule has 6 heterocycles. The van der Waals surface area contributed by atoms with Crippen molar-refractivity contribution < 1.29 is 26.3 Å². The lowest BCUT2D eigenvalue weighted by Crippen LogP contribution is -2.09. The molecule has 0 N–H and O–H groups in total. The average Bonchev–Trinajstić information content (AvgIpc) is 3.55. The Hall–Kier alpha value is -2.20. The van der Waals surface area contributed by atoms with Gasteiger partial charge in [-0.05, 0) is 102 Å². The summed E-state index contributed by atoms with van der Waals surface area (Å²) in [4.78, 5) is 26.6. The van der Waals surface area contributed by atoms with Crippen molar-refractivity contribution in [2.45, 2.75) is 36.0 Å². The Kier molecular flexibility index (Phi) is 12.0. The molecular weight excluding hydrogens is 973 g/mol.